The van der Waals surface area contributed by atoms with E-state index in [2.05, 4.69) is 20.0 Å². The van der Waals surface area contributed by atoms with Crippen LogP contribution in [-0.2, 0) is 0 Å². The number of nitrogens with zero attached hydrogens (tertiary/aromatic N) is 4. The lowest BCUT2D eigenvalue weighted by atomic mass is 10.2. The number of amidine groups is 2. The summed E-state index contributed by atoms with van der Waals surface area (Å²) in [5, 5.41) is 0. The molecule has 0 bridgehead atoms. The average Bonchev–Trinajstić information content (AvgIpc) is 2.73. The Morgan fingerprint density at radius 2 is 1.16 bits per heavy atom. The second-order valence-corrected chi connectivity index (χ2v) is 7.74. The molecular weight excluding hydrogens is 392 g/mol. The summed E-state index contributed by atoms with van der Waals surface area (Å²) in [6.07, 6.45) is 6.19. The Morgan fingerprint density at radius 3 is 1.48 bits per heavy atom. The number of unbranched alkanes of at least 4 members (excludes halogenated alkanes) is 2. The zero-order valence-corrected chi connectivity index (χ0v) is 18.9. The fraction of sp³-hybridized carbons (Fsp3) is 0.478. The van der Waals surface area contributed by atoms with Crippen molar-refractivity contribution in [1.82, 2.24) is 9.97 Å². The van der Waals surface area contributed by atoms with Crippen molar-refractivity contribution in [3.63, 3.8) is 0 Å². The molecule has 8 heteroatoms. The van der Waals surface area contributed by atoms with Crippen molar-refractivity contribution in [2.45, 2.75) is 59.0 Å². The third-order valence-corrected chi connectivity index (χ3v) is 4.15. The molecule has 2 rings (SSSR count). The minimum absolute atomic E-state index is 0.151. The maximum absolute atomic E-state index is 5.94. The highest BCUT2D eigenvalue weighted by molar-refractivity contribution is 5.97. The van der Waals surface area contributed by atoms with Crippen molar-refractivity contribution in [3.05, 3.63) is 47.8 Å². The number of aliphatic imine (C=N–C) groups is 2. The van der Waals surface area contributed by atoms with Crippen LogP contribution < -0.4 is 20.9 Å². The van der Waals surface area contributed by atoms with E-state index >= 15 is 0 Å². The lowest BCUT2D eigenvalue weighted by molar-refractivity contribution is 0.269. The van der Waals surface area contributed by atoms with Gasteiger partial charge in [0.05, 0.1) is 13.2 Å². The summed E-state index contributed by atoms with van der Waals surface area (Å²) in [4.78, 5) is 17.2. The minimum Gasteiger partial charge on any atom is -0.478 e. The van der Waals surface area contributed by atoms with Crippen molar-refractivity contribution < 1.29 is 9.47 Å². The standard InChI is InChI=1S/C23H34N6O2/c1-16(2)28-22(24)18-8-10-20(26-14-18)30-12-6-5-7-13-31-21-11-9-19(15-27-21)23(25)29-17(3)4/h8-11,14-17H,5-7,12-13H2,1-4H3,(H2,24,28)(H2,25,29). The fourth-order valence-corrected chi connectivity index (χ4v) is 2.67. The number of rotatable bonds is 12. The van der Waals surface area contributed by atoms with Gasteiger partial charge in [-0.3, -0.25) is 9.98 Å². The van der Waals surface area contributed by atoms with Gasteiger partial charge in [0.1, 0.15) is 11.7 Å². The van der Waals surface area contributed by atoms with Crippen LogP contribution >= 0.6 is 0 Å². The van der Waals surface area contributed by atoms with E-state index in [0.717, 1.165) is 30.4 Å². The van der Waals surface area contributed by atoms with Gasteiger partial charge in [0.2, 0.25) is 11.8 Å². The molecule has 0 aliphatic rings. The maximum Gasteiger partial charge on any atom is 0.213 e. The maximum atomic E-state index is 5.94. The van der Waals surface area contributed by atoms with Gasteiger partial charge in [-0.25, -0.2) is 9.97 Å². The van der Waals surface area contributed by atoms with Crippen LogP contribution in [0.5, 0.6) is 11.8 Å². The van der Waals surface area contributed by atoms with Gasteiger partial charge in [0.15, 0.2) is 0 Å². The third kappa shape index (κ3) is 9.02. The molecule has 0 aliphatic heterocycles. The molecule has 0 saturated carbocycles. The summed E-state index contributed by atoms with van der Waals surface area (Å²) >= 11 is 0. The van der Waals surface area contributed by atoms with E-state index < -0.39 is 0 Å². The van der Waals surface area contributed by atoms with Gasteiger partial charge in [0, 0.05) is 47.7 Å². The van der Waals surface area contributed by atoms with Gasteiger partial charge in [-0.1, -0.05) is 0 Å². The molecule has 4 N–H and O–H groups in total. The number of nitrogens with two attached hydrogens (primary N) is 2. The number of aromatic nitrogens is 2. The molecule has 0 unspecified atom stereocenters. The molecule has 168 valence electrons. The van der Waals surface area contributed by atoms with E-state index in [-0.39, 0.29) is 12.1 Å². The van der Waals surface area contributed by atoms with Crippen molar-refractivity contribution in [1.29, 1.82) is 0 Å². The van der Waals surface area contributed by atoms with E-state index in [0.29, 0.717) is 36.6 Å². The molecule has 0 saturated heterocycles. The van der Waals surface area contributed by atoms with Gasteiger partial charge < -0.3 is 20.9 Å². The highest BCUT2D eigenvalue weighted by Crippen LogP contribution is 2.11. The van der Waals surface area contributed by atoms with Crippen LogP contribution in [0.3, 0.4) is 0 Å². The fourth-order valence-electron chi connectivity index (χ4n) is 2.67. The highest BCUT2D eigenvalue weighted by atomic mass is 16.5. The van der Waals surface area contributed by atoms with E-state index in [1.165, 1.54) is 0 Å². The SMILES string of the molecule is CC(C)N=C(N)c1ccc(OCCCCCOc2ccc(C(N)=NC(C)C)cn2)nc1. The lowest BCUT2D eigenvalue weighted by Crippen LogP contribution is -2.16. The van der Waals surface area contributed by atoms with Crippen molar-refractivity contribution in [3.8, 4) is 11.8 Å². The first kappa shape index (κ1) is 24.1. The van der Waals surface area contributed by atoms with Gasteiger partial charge in [-0.2, -0.15) is 0 Å². The van der Waals surface area contributed by atoms with Crippen LogP contribution in [0.25, 0.3) is 0 Å². The summed E-state index contributed by atoms with van der Waals surface area (Å²) in [6, 6.07) is 7.68. The Kier molecular flexibility index (Phi) is 9.74. The van der Waals surface area contributed by atoms with Crippen LogP contribution in [0.15, 0.2) is 46.6 Å². The normalized spacial score (nSPS) is 12.5. The van der Waals surface area contributed by atoms with Crippen LogP contribution in [-0.4, -0.2) is 46.9 Å². The summed E-state index contributed by atoms with van der Waals surface area (Å²) in [5.41, 5.74) is 13.5. The van der Waals surface area contributed by atoms with E-state index in [9.17, 15) is 0 Å². The van der Waals surface area contributed by atoms with Crippen LogP contribution in [0, 0.1) is 0 Å². The molecule has 2 heterocycles. The Labute approximate surface area is 184 Å². The lowest BCUT2D eigenvalue weighted by Gasteiger charge is -2.08. The number of ether oxygens (including phenoxy) is 2. The molecule has 2 aromatic rings. The summed E-state index contributed by atoms with van der Waals surface area (Å²) in [7, 11) is 0. The second-order valence-electron chi connectivity index (χ2n) is 7.74. The van der Waals surface area contributed by atoms with E-state index in [1.54, 1.807) is 12.4 Å². The molecule has 8 nitrogen and oxygen atoms in total. The zero-order chi connectivity index (χ0) is 22.6. The van der Waals surface area contributed by atoms with Crippen molar-refractivity contribution in [2.24, 2.45) is 21.5 Å². The molecule has 0 aromatic carbocycles. The smallest absolute Gasteiger partial charge is 0.213 e. The van der Waals surface area contributed by atoms with E-state index in [4.69, 9.17) is 20.9 Å². The largest absolute Gasteiger partial charge is 0.478 e. The summed E-state index contributed by atoms with van der Waals surface area (Å²) < 4.78 is 11.4. The van der Waals surface area contributed by atoms with Crippen molar-refractivity contribution >= 4 is 11.7 Å². The first-order chi connectivity index (χ1) is 14.8. The average molecular weight is 427 g/mol. The molecule has 0 atom stereocenters. The summed E-state index contributed by atoms with van der Waals surface area (Å²) in [5.74, 6) is 2.15. The molecule has 0 spiro atoms. The molecular formula is C23H34N6O2. The topological polar surface area (TPSA) is 121 Å². The zero-order valence-electron chi connectivity index (χ0n) is 18.9. The quantitative estimate of drug-likeness (QED) is 0.305. The number of hydrogen-bond donors (Lipinski definition) is 2. The first-order valence-electron chi connectivity index (χ1n) is 10.7. The number of hydrogen-bond acceptors (Lipinski definition) is 6. The van der Waals surface area contributed by atoms with Gasteiger partial charge >= 0.3 is 0 Å². The monoisotopic (exact) mass is 426 g/mol. The second kappa shape index (κ2) is 12.5. The molecule has 0 aliphatic carbocycles. The van der Waals surface area contributed by atoms with E-state index in [1.807, 2.05) is 52.0 Å². The predicted molar refractivity (Wildman–Crippen MR) is 125 cm³/mol. The Hall–Kier alpha value is -3.16. The Bertz CT molecular complexity index is 774. The minimum atomic E-state index is 0.151. The van der Waals surface area contributed by atoms with Gasteiger partial charge in [-0.15, -0.1) is 0 Å². The number of pyridine rings is 2. The Balaban J connectivity index is 1.62. The molecule has 2 aromatic heterocycles. The molecule has 0 fully saturated rings. The molecule has 0 radical (unpaired) electrons. The highest BCUT2D eigenvalue weighted by Gasteiger charge is 2.03. The van der Waals surface area contributed by atoms with Crippen LogP contribution in [0.2, 0.25) is 0 Å². The van der Waals surface area contributed by atoms with Crippen LogP contribution in [0.1, 0.15) is 58.1 Å². The van der Waals surface area contributed by atoms with Gasteiger partial charge in [-0.05, 0) is 59.1 Å². The van der Waals surface area contributed by atoms with Crippen molar-refractivity contribution in [2.75, 3.05) is 13.2 Å². The van der Waals surface area contributed by atoms with Gasteiger partial charge in [0.25, 0.3) is 0 Å². The molecule has 0 amide bonds. The molecule has 31 heavy (non-hydrogen) atoms. The van der Waals surface area contributed by atoms with Crippen LogP contribution in [0.4, 0.5) is 0 Å². The first-order valence-corrected chi connectivity index (χ1v) is 10.7. The Morgan fingerprint density at radius 1 is 0.742 bits per heavy atom. The third-order valence-electron chi connectivity index (χ3n) is 4.15. The predicted octanol–water partition coefficient (Wildman–Crippen LogP) is 3.33. The summed E-state index contributed by atoms with van der Waals surface area (Å²) in [6.45, 7) is 9.13.